The van der Waals surface area contributed by atoms with Crippen LogP contribution in [-0.2, 0) is 6.42 Å². The quantitative estimate of drug-likeness (QED) is 0.790. The Morgan fingerprint density at radius 2 is 2.19 bits per heavy atom. The average molecular weight is 319 g/mol. The van der Waals surface area contributed by atoms with E-state index in [1.54, 1.807) is 0 Å². The molecule has 0 aromatic heterocycles. The smallest absolute Gasteiger partial charge is 0.441 e. The Hall–Kier alpha value is -0.880. The molecule has 0 amide bonds. The Morgan fingerprint density at radius 3 is 2.90 bits per heavy atom. The number of benzene rings is 1. The van der Waals surface area contributed by atoms with Crippen LogP contribution in [0, 0.1) is 0 Å². The van der Waals surface area contributed by atoms with Gasteiger partial charge in [0, 0.05) is 11.8 Å². The van der Waals surface area contributed by atoms with E-state index in [0.717, 1.165) is 37.1 Å². The van der Waals surface area contributed by atoms with Crippen LogP contribution in [0.3, 0.4) is 0 Å². The first-order valence-corrected chi connectivity index (χ1v) is 8.18. The monoisotopic (exact) mass is 319 g/mol. The van der Waals surface area contributed by atoms with Crippen LogP contribution < -0.4 is 10.1 Å². The highest BCUT2D eigenvalue weighted by Gasteiger charge is 2.28. The summed E-state index contributed by atoms with van der Waals surface area (Å²) in [5, 5.41) is 3.45. The second-order valence-corrected chi connectivity index (χ2v) is 6.13. The lowest BCUT2D eigenvalue weighted by Crippen LogP contribution is -2.25. The number of nitrogens with one attached hydrogen (secondary N) is 1. The van der Waals surface area contributed by atoms with Crippen molar-refractivity contribution in [2.75, 3.05) is 18.9 Å². The summed E-state index contributed by atoms with van der Waals surface area (Å²) in [6.07, 6.45) is 3.09. The number of thioether (sulfide) groups is 1. The topological polar surface area (TPSA) is 21.3 Å². The Morgan fingerprint density at radius 1 is 1.38 bits per heavy atom. The molecular weight excluding hydrogens is 299 g/mol. The molecule has 1 aromatic rings. The van der Waals surface area contributed by atoms with Gasteiger partial charge >= 0.3 is 5.51 Å². The molecule has 1 aliphatic carbocycles. The maximum Gasteiger partial charge on any atom is 0.441 e. The van der Waals surface area contributed by atoms with Gasteiger partial charge < -0.3 is 10.1 Å². The fourth-order valence-corrected chi connectivity index (χ4v) is 3.12. The third-order valence-electron chi connectivity index (χ3n) is 3.52. The zero-order chi connectivity index (χ0) is 15.3. The maximum absolute atomic E-state index is 12.1. The number of halogens is 3. The zero-order valence-corrected chi connectivity index (χ0v) is 12.8. The van der Waals surface area contributed by atoms with Crippen LogP contribution in [0.1, 0.15) is 36.9 Å². The first-order chi connectivity index (χ1) is 10.0. The zero-order valence-electron chi connectivity index (χ0n) is 12.0. The Balaban J connectivity index is 1.99. The third kappa shape index (κ3) is 4.81. The van der Waals surface area contributed by atoms with E-state index in [1.807, 2.05) is 12.1 Å². The molecule has 6 heteroatoms. The summed E-state index contributed by atoms with van der Waals surface area (Å²) in [6.45, 7) is 3.05. The van der Waals surface area contributed by atoms with Crippen molar-refractivity contribution >= 4 is 11.8 Å². The SMILES string of the molecule is CCNC1CCCc2c(OCCSC(F)(F)F)cccc21. The summed E-state index contributed by atoms with van der Waals surface area (Å²) >= 11 is -0.0385. The van der Waals surface area contributed by atoms with Crippen molar-refractivity contribution in [1.82, 2.24) is 5.32 Å². The normalized spacial score (nSPS) is 18.4. The average Bonchev–Trinajstić information content (AvgIpc) is 2.43. The Labute approximate surface area is 127 Å². The van der Waals surface area contributed by atoms with Gasteiger partial charge in [0.25, 0.3) is 0 Å². The van der Waals surface area contributed by atoms with E-state index in [4.69, 9.17) is 4.74 Å². The molecule has 2 nitrogen and oxygen atoms in total. The van der Waals surface area contributed by atoms with Crippen LogP contribution in [0.2, 0.25) is 0 Å². The fourth-order valence-electron chi connectivity index (χ4n) is 2.72. The minimum absolute atomic E-state index is 0.0385. The highest BCUT2D eigenvalue weighted by molar-refractivity contribution is 8.00. The van der Waals surface area contributed by atoms with Gasteiger partial charge in [0.15, 0.2) is 0 Å². The third-order valence-corrected chi connectivity index (χ3v) is 4.22. The van der Waals surface area contributed by atoms with Gasteiger partial charge in [-0.2, -0.15) is 13.2 Å². The van der Waals surface area contributed by atoms with E-state index < -0.39 is 5.51 Å². The highest BCUT2D eigenvalue weighted by atomic mass is 32.2. The molecule has 2 rings (SSSR count). The second-order valence-electron chi connectivity index (χ2n) is 4.97. The lowest BCUT2D eigenvalue weighted by atomic mass is 9.87. The first-order valence-electron chi connectivity index (χ1n) is 7.20. The first kappa shape index (κ1) is 16.5. The van der Waals surface area contributed by atoms with E-state index >= 15 is 0 Å². The molecule has 0 radical (unpaired) electrons. The molecule has 0 fully saturated rings. The van der Waals surface area contributed by atoms with Crippen molar-refractivity contribution in [3.8, 4) is 5.75 Å². The van der Waals surface area contributed by atoms with Crippen molar-refractivity contribution in [3.63, 3.8) is 0 Å². The summed E-state index contributed by atoms with van der Waals surface area (Å²) < 4.78 is 41.8. The van der Waals surface area contributed by atoms with Crippen molar-refractivity contribution in [2.24, 2.45) is 0 Å². The molecule has 1 aromatic carbocycles. The van der Waals surface area contributed by atoms with Gasteiger partial charge in [-0.05, 0) is 54.8 Å². The minimum Gasteiger partial charge on any atom is -0.492 e. The summed E-state index contributed by atoms with van der Waals surface area (Å²) in [6, 6.07) is 6.18. The van der Waals surface area contributed by atoms with Gasteiger partial charge in [0.2, 0.25) is 0 Å². The van der Waals surface area contributed by atoms with Crippen molar-refractivity contribution in [1.29, 1.82) is 0 Å². The summed E-state index contributed by atoms with van der Waals surface area (Å²) in [4.78, 5) is 0. The van der Waals surface area contributed by atoms with E-state index in [1.165, 1.54) is 5.56 Å². The van der Waals surface area contributed by atoms with Gasteiger partial charge in [-0.15, -0.1) is 0 Å². The van der Waals surface area contributed by atoms with Crippen molar-refractivity contribution in [2.45, 2.75) is 37.7 Å². The van der Waals surface area contributed by atoms with E-state index in [9.17, 15) is 13.2 Å². The molecule has 21 heavy (non-hydrogen) atoms. The largest absolute Gasteiger partial charge is 0.492 e. The molecule has 0 spiro atoms. The molecule has 1 N–H and O–H groups in total. The van der Waals surface area contributed by atoms with Gasteiger partial charge in [0.1, 0.15) is 5.75 Å². The molecule has 1 aliphatic rings. The molecule has 0 saturated carbocycles. The van der Waals surface area contributed by atoms with Crippen LogP contribution in [0.4, 0.5) is 13.2 Å². The number of hydrogen-bond acceptors (Lipinski definition) is 3. The number of alkyl halides is 3. The molecule has 1 unspecified atom stereocenters. The summed E-state index contributed by atoms with van der Waals surface area (Å²) in [7, 11) is 0. The second kappa shape index (κ2) is 7.40. The molecule has 0 bridgehead atoms. The number of rotatable bonds is 6. The molecular formula is C15H20F3NOS. The predicted octanol–water partition coefficient (Wildman–Crippen LogP) is 4.31. The minimum atomic E-state index is -4.18. The lowest BCUT2D eigenvalue weighted by Gasteiger charge is -2.27. The number of fused-ring (bicyclic) bond motifs is 1. The number of ether oxygens (including phenoxy) is 1. The van der Waals surface area contributed by atoms with E-state index in [2.05, 4.69) is 18.3 Å². The van der Waals surface area contributed by atoms with E-state index in [-0.39, 0.29) is 24.1 Å². The lowest BCUT2D eigenvalue weighted by molar-refractivity contribution is -0.0329. The summed E-state index contributed by atoms with van der Waals surface area (Å²) in [5.74, 6) is 0.655. The maximum atomic E-state index is 12.1. The van der Waals surface area contributed by atoms with Crippen LogP contribution >= 0.6 is 11.8 Å². The van der Waals surface area contributed by atoms with E-state index in [0.29, 0.717) is 6.04 Å². The van der Waals surface area contributed by atoms with Gasteiger partial charge in [-0.3, -0.25) is 0 Å². The van der Waals surface area contributed by atoms with Gasteiger partial charge in [-0.25, -0.2) is 0 Å². The molecule has 1 atom stereocenters. The Kier molecular flexibility index (Phi) is 5.81. The Bertz CT molecular complexity index is 465. The van der Waals surface area contributed by atoms with Crippen molar-refractivity contribution in [3.05, 3.63) is 29.3 Å². The highest BCUT2D eigenvalue weighted by Crippen LogP contribution is 2.35. The van der Waals surface area contributed by atoms with Gasteiger partial charge in [-0.1, -0.05) is 19.1 Å². The van der Waals surface area contributed by atoms with Crippen LogP contribution in [-0.4, -0.2) is 24.4 Å². The molecule has 0 heterocycles. The van der Waals surface area contributed by atoms with Crippen molar-refractivity contribution < 1.29 is 17.9 Å². The predicted molar refractivity (Wildman–Crippen MR) is 79.8 cm³/mol. The number of hydrogen-bond donors (Lipinski definition) is 1. The fraction of sp³-hybridized carbons (Fsp3) is 0.600. The summed E-state index contributed by atoms with van der Waals surface area (Å²) in [5.41, 5.74) is -1.81. The van der Waals surface area contributed by atoms with Crippen LogP contribution in [0.15, 0.2) is 18.2 Å². The molecule has 0 saturated heterocycles. The molecule has 0 aliphatic heterocycles. The molecule has 118 valence electrons. The van der Waals surface area contributed by atoms with Gasteiger partial charge in [0.05, 0.1) is 6.61 Å². The van der Waals surface area contributed by atoms with Crippen LogP contribution in [0.25, 0.3) is 0 Å². The standard InChI is InChI=1S/C15H20F3NOS/c1-2-19-13-7-3-6-12-11(13)5-4-8-14(12)20-9-10-21-15(16,17)18/h4-5,8,13,19H,2-3,6-7,9-10H2,1H3. The van der Waals surface area contributed by atoms with Crippen LogP contribution in [0.5, 0.6) is 5.75 Å².